The molecule has 0 saturated heterocycles. The van der Waals surface area contributed by atoms with E-state index in [4.69, 9.17) is 5.73 Å². The van der Waals surface area contributed by atoms with Gasteiger partial charge in [-0.1, -0.05) is 0 Å². The highest BCUT2D eigenvalue weighted by Crippen LogP contribution is 2.27. The fourth-order valence-corrected chi connectivity index (χ4v) is 1.13. The number of alkyl halides is 3. The van der Waals surface area contributed by atoms with Crippen LogP contribution < -0.4 is 11.1 Å². The van der Waals surface area contributed by atoms with Gasteiger partial charge in [0.2, 0.25) is 5.91 Å². The Kier molecular flexibility index (Phi) is 3.82. The third-order valence-electron chi connectivity index (χ3n) is 2.38. The van der Waals surface area contributed by atoms with E-state index < -0.39 is 17.6 Å². The Labute approximate surface area is 96.6 Å². The topological polar surface area (TPSA) is 60.1 Å². The minimum atomic E-state index is -4.76. The summed E-state index contributed by atoms with van der Waals surface area (Å²) in [7, 11) is 0. The molecule has 0 spiro atoms. The van der Waals surface area contributed by atoms with Gasteiger partial charge in [0.05, 0.1) is 0 Å². The molecule has 0 radical (unpaired) electrons. The van der Waals surface area contributed by atoms with E-state index in [-0.39, 0.29) is 6.54 Å². The lowest BCUT2D eigenvalue weighted by atomic mass is 10.0. The molecule has 1 atom stereocenters. The quantitative estimate of drug-likeness (QED) is 0.832. The fraction of sp³-hybridized carbons (Fsp3) is 0.500. The predicted molar refractivity (Wildman–Crippen MR) is 56.1 cm³/mol. The van der Waals surface area contributed by atoms with Crippen LogP contribution in [0.3, 0.4) is 0 Å². The van der Waals surface area contributed by atoms with Crippen molar-refractivity contribution in [3.05, 3.63) is 24.5 Å². The first-order valence-corrected chi connectivity index (χ1v) is 5.00. The van der Waals surface area contributed by atoms with Gasteiger partial charge in [0.15, 0.2) is 5.54 Å². The zero-order valence-electron chi connectivity index (χ0n) is 9.29. The Balaban J connectivity index is 2.45. The van der Waals surface area contributed by atoms with Crippen molar-refractivity contribution >= 4 is 5.91 Å². The molecule has 0 aromatic carbocycles. The van der Waals surface area contributed by atoms with Gasteiger partial charge in [-0.2, -0.15) is 13.2 Å². The summed E-state index contributed by atoms with van der Waals surface area (Å²) in [4.78, 5) is 11.3. The first-order chi connectivity index (χ1) is 7.75. The van der Waals surface area contributed by atoms with Crippen LogP contribution in [0.25, 0.3) is 0 Å². The largest absolute Gasteiger partial charge is 0.415 e. The molecular weight excluding hydrogens is 235 g/mol. The molecule has 3 N–H and O–H groups in total. The van der Waals surface area contributed by atoms with Crippen LogP contribution in [0.4, 0.5) is 13.2 Å². The van der Waals surface area contributed by atoms with Crippen molar-refractivity contribution in [2.24, 2.45) is 5.73 Å². The molecule has 17 heavy (non-hydrogen) atoms. The van der Waals surface area contributed by atoms with Gasteiger partial charge in [-0.15, -0.1) is 0 Å². The van der Waals surface area contributed by atoms with Crippen molar-refractivity contribution in [3.8, 4) is 0 Å². The third kappa shape index (κ3) is 3.23. The van der Waals surface area contributed by atoms with E-state index in [0.29, 0.717) is 13.5 Å². The number of rotatable bonds is 4. The lowest BCUT2D eigenvalue weighted by Gasteiger charge is -2.26. The number of nitrogens with two attached hydrogens (primary N) is 1. The number of hydrogen-bond acceptors (Lipinski definition) is 2. The molecule has 0 fully saturated rings. The molecular formula is C10H14F3N3O. The van der Waals surface area contributed by atoms with Crippen LogP contribution in [0.15, 0.2) is 24.5 Å². The van der Waals surface area contributed by atoms with Gasteiger partial charge in [-0.05, 0) is 19.1 Å². The number of carbonyl (C=O) groups excluding carboxylic acids is 1. The van der Waals surface area contributed by atoms with Gasteiger partial charge in [-0.3, -0.25) is 4.79 Å². The molecule has 1 aromatic heterocycles. The Morgan fingerprint density at radius 1 is 1.35 bits per heavy atom. The third-order valence-corrected chi connectivity index (χ3v) is 2.38. The zero-order valence-corrected chi connectivity index (χ0v) is 9.29. The Bertz CT molecular complexity index is 371. The first kappa shape index (κ1) is 13.6. The van der Waals surface area contributed by atoms with Gasteiger partial charge in [0.1, 0.15) is 0 Å². The van der Waals surface area contributed by atoms with E-state index in [1.165, 1.54) is 0 Å². The van der Waals surface area contributed by atoms with Crippen LogP contribution in [0, 0.1) is 0 Å². The zero-order chi connectivity index (χ0) is 13.1. The van der Waals surface area contributed by atoms with Gasteiger partial charge in [0, 0.05) is 25.5 Å². The second-order valence-corrected chi connectivity index (χ2v) is 3.88. The predicted octanol–water partition coefficient (Wildman–Crippen LogP) is 0.884. The molecule has 1 rings (SSSR count). The maximum absolute atomic E-state index is 12.4. The van der Waals surface area contributed by atoms with E-state index in [9.17, 15) is 18.0 Å². The lowest BCUT2D eigenvalue weighted by Crippen LogP contribution is -2.61. The van der Waals surface area contributed by atoms with Crippen molar-refractivity contribution in [1.29, 1.82) is 0 Å². The summed E-state index contributed by atoms with van der Waals surface area (Å²) < 4.78 is 38.9. The fourth-order valence-electron chi connectivity index (χ4n) is 1.13. The summed E-state index contributed by atoms with van der Waals surface area (Å²) in [5.74, 6) is -1.22. The molecule has 0 bridgehead atoms. The van der Waals surface area contributed by atoms with Crippen molar-refractivity contribution in [1.82, 2.24) is 9.88 Å². The molecule has 0 aliphatic carbocycles. The number of nitrogens with zero attached hydrogens (tertiary/aromatic N) is 1. The maximum atomic E-state index is 12.4. The number of carbonyl (C=O) groups is 1. The number of amides is 1. The van der Waals surface area contributed by atoms with Gasteiger partial charge < -0.3 is 15.6 Å². The molecule has 0 aliphatic rings. The number of aromatic nitrogens is 1. The van der Waals surface area contributed by atoms with Crippen LogP contribution in [-0.2, 0) is 11.3 Å². The van der Waals surface area contributed by atoms with Crippen LogP contribution >= 0.6 is 0 Å². The van der Waals surface area contributed by atoms with E-state index in [1.54, 1.807) is 29.1 Å². The highest BCUT2D eigenvalue weighted by atomic mass is 19.4. The summed E-state index contributed by atoms with van der Waals surface area (Å²) in [6.07, 6.45) is -1.26. The van der Waals surface area contributed by atoms with Crippen molar-refractivity contribution in [2.45, 2.75) is 25.2 Å². The highest BCUT2D eigenvalue weighted by Gasteiger charge is 2.53. The van der Waals surface area contributed by atoms with Gasteiger partial charge in [0.25, 0.3) is 0 Å². The molecule has 1 heterocycles. The van der Waals surface area contributed by atoms with E-state index in [0.717, 1.165) is 0 Å². The molecule has 1 aromatic rings. The summed E-state index contributed by atoms with van der Waals surface area (Å²) in [5, 5.41) is 2.16. The van der Waals surface area contributed by atoms with Crippen molar-refractivity contribution in [3.63, 3.8) is 0 Å². The van der Waals surface area contributed by atoms with Crippen molar-refractivity contribution in [2.75, 3.05) is 6.54 Å². The molecule has 1 amide bonds. The molecule has 1 unspecified atom stereocenters. The minimum absolute atomic E-state index is 0.0936. The molecule has 0 aliphatic heterocycles. The van der Waals surface area contributed by atoms with Crippen LogP contribution in [-0.4, -0.2) is 28.7 Å². The second-order valence-electron chi connectivity index (χ2n) is 3.88. The normalized spacial score (nSPS) is 15.4. The summed E-state index contributed by atoms with van der Waals surface area (Å²) in [6, 6.07) is 3.56. The van der Waals surface area contributed by atoms with Crippen LogP contribution in [0.1, 0.15) is 6.92 Å². The average molecular weight is 249 g/mol. The molecule has 0 saturated carbocycles. The van der Waals surface area contributed by atoms with E-state index in [2.05, 4.69) is 5.32 Å². The monoisotopic (exact) mass is 249 g/mol. The maximum Gasteiger partial charge on any atom is 0.415 e. The second kappa shape index (κ2) is 4.79. The molecule has 7 heteroatoms. The van der Waals surface area contributed by atoms with Crippen LogP contribution in [0.2, 0.25) is 0 Å². The molecule has 96 valence electrons. The van der Waals surface area contributed by atoms with Crippen LogP contribution in [0.5, 0.6) is 0 Å². The van der Waals surface area contributed by atoms with E-state index in [1.807, 2.05) is 0 Å². The average Bonchev–Trinajstić information content (AvgIpc) is 2.68. The smallest absolute Gasteiger partial charge is 0.353 e. The van der Waals surface area contributed by atoms with Gasteiger partial charge >= 0.3 is 6.18 Å². The number of halogens is 3. The van der Waals surface area contributed by atoms with E-state index >= 15 is 0 Å². The standard InChI is InChI=1S/C10H14F3N3O/c1-9(14,10(11,12)13)8(17)15-4-7-16-5-2-3-6-16/h2-3,5-6H,4,7,14H2,1H3,(H,15,17). The summed E-state index contributed by atoms with van der Waals surface area (Å²) in [5.41, 5.74) is 2.10. The number of hydrogen-bond donors (Lipinski definition) is 2. The Morgan fingerprint density at radius 2 is 1.88 bits per heavy atom. The lowest BCUT2D eigenvalue weighted by molar-refractivity contribution is -0.187. The van der Waals surface area contributed by atoms with Gasteiger partial charge in [-0.25, -0.2) is 0 Å². The minimum Gasteiger partial charge on any atom is -0.353 e. The van der Waals surface area contributed by atoms with Crippen molar-refractivity contribution < 1.29 is 18.0 Å². The number of nitrogens with one attached hydrogen (secondary N) is 1. The first-order valence-electron chi connectivity index (χ1n) is 5.00. The Morgan fingerprint density at radius 3 is 2.35 bits per heavy atom. The Hall–Kier alpha value is -1.50. The SMILES string of the molecule is CC(N)(C(=O)NCCn1cccc1)C(F)(F)F. The molecule has 4 nitrogen and oxygen atoms in total. The summed E-state index contributed by atoms with van der Waals surface area (Å²) in [6.45, 7) is 1.14. The highest BCUT2D eigenvalue weighted by molar-refractivity contribution is 5.86. The summed E-state index contributed by atoms with van der Waals surface area (Å²) >= 11 is 0.